The van der Waals surface area contributed by atoms with Crippen LogP contribution in [0.2, 0.25) is 0 Å². The van der Waals surface area contributed by atoms with Crippen LogP contribution < -0.4 is 10.6 Å². The van der Waals surface area contributed by atoms with E-state index in [-0.39, 0.29) is 18.7 Å². The van der Waals surface area contributed by atoms with Crippen LogP contribution in [0.4, 0.5) is 4.79 Å². The molecule has 18 heavy (non-hydrogen) atoms. The van der Waals surface area contributed by atoms with Crippen LogP contribution in [0.1, 0.15) is 25.0 Å². The first-order valence-corrected chi connectivity index (χ1v) is 5.85. The highest BCUT2D eigenvalue weighted by atomic mass is 16.2. The predicted molar refractivity (Wildman–Crippen MR) is 70.9 cm³/mol. The van der Waals surface area contributed by atoms with Gasteiger partial charge in [0.2, 0.25) is 0 Å². The lowest BCUT2D eigenvalue weighted by Crippen LogP contribution is -2.39. The summed E-state index contributed by atoms with van der Waals surface area (Å²) < 4.78 is 0. The number of rotatable bonds is 3. The van der Waals surface area contributed by atoms with Crippen molar-refractivity contribution in [2.24, 2.45) is 0 Å². The van der Waals surface area contributed by atoms with Gasteiger partial charge >= 0.3 is 6.03 Å². The Morgan fingerprint density at radius 2 is 2.22 bits per heavy atom. The maximum absolute atomic E-state index is 11.4. The Bertz CT molecular complexity index is 458. The normalized spacial score (nSPS) is 9.56. The average Bonchev–Trinajstić information content (AvgIpc) is 2.33. The molecule has 0 unspecified atom stereocenters. The van der Waals surface area contributed by atoms with E-state index < -0.39 is 0 Å². The molecule has 1 aromatic rings. The summed E-state index contributed by atoms with van der Waals surface area (Å²) in [6, 6.07) is 7.47. The van der Waals surface area contributed by atoms with Gasteiger partial charge in [-0.2, -0.15) is 0 Å². The molecule has 0 fully saturated rings. The second kappa shape index (κ2) is 7.36. The summed E-state index contributed by atoms with van der Waals surface area (Å²) in [5, 5.41) is 14.1. The third kappa shape index (κ3) is 5.37. The maximum Gasteiger partial charge on any atom is 0.315 e. The molecule has 0 atom stereocenters. The number of amides is 2. The van der Waals surface area contributed by atoms with Crippen molar-refractivity contribution in [1.29, 1.82) is 0 Å². The lowest BCUT2D eigenvalue weighted by Gasteiger charge is -2.10. The Kier molecular flexibility index (Phi) is 5.75. The highest BCUT2D eigenvalue weighted by Gasteiger charge is 2.02. The molecule has 0 aromatic heterocycles. The summed E-state index contributed by atoms with van der Waals surface area (Å²) >= 11 is 0. The second-order valence-corrected chi connectivity index (χ2v) is 4.14. The van der Waals surface area contributed by atoms with Crippen molar-refractivity contribution in [2.75, 3.05) is 6.61 Å². The quantitative estimate of drug-likeness (QED) is 0.703. The molecule has 0 aliphatic heterocycles. The first-order valence-electron chi connectivity index (χ1n) is 5.85. The largest absolute Gasteiger partial charge is 0.384 e. The smallest absolute Gasteiger partial charge is 0.315 e. The molecule has 0 spiro atoms. The molecule has 0 aliphatic carbocycles. The van der Waals surface area contributed by atoms with Crippen LogP contribution >= 0.6 is 0 Å². The number of urea groups is 1. The number of benzene rings is 1. The third-order valence-corrected chi connectivity index (χ3v) is 2.11. The molecule has 3 N–H and O–H groups in total. The van der Waals surface area contributed by atoms with Gasteiger partial charge in [-0.1, -0.05) is 24.0 Å². The lowest BCUT2D eigenvalue weighted by molar-refractivity contribution is 0.238. The van der Waals surface area contributed by atoms with Gasteiger partial charge < -0.3 is 15.7 Å². The van der Waals surface area contributed by atoms with Gasteiger partial charge in [0, 0.05) is 18.2 Å². The summed E-state index contributed by atoms with van der Waals surface area (Å²) in [6.45, 7) is 4.11. The number of aliphatic hydroxyl groups is 1. The van der Waals surface area contributed by atoms with Crippen LogP contribution in [-0.4, -0.2) is 23.8 Å². The molecule has 4 heteroatoms. The fraction of sp³-hybridized carbons (Fsp3) is 0.357. The Morgan fingerprint density at radius 1 is 1.44 bits per heavy atom. The molecule has 96 valence electrons. The zero-order valence-electron chi connectivity index (χ0n) is 10.7. The Balaban J connectivity index is 2.55. The van der Waals surface area contributed by atoms with Gasteiger partial charge in [0.25, 0.3) is 0 Å². The topological polar surface area (TPSA) is 61.4 Å². The predicted octanol–water partition coefficient (Wildman–Crippen LogP) is 1.24. The minimum absolute atomic E-state index is 0.117. The van der Waals surface area contributed by atoms with E-state index in [1.807, 2.05) is 38.1 Å². The molecule has 4 nitrogen and oxygen atoms in total. The van der Waals surface area contributed by atoms with Gasteiger partial charge in [0.05, 0.1) is 0 Å². The molecule has 0 radical (unpaired) electrons. The number of nitrogens with one attached hydrogen (secondary N) is 2. The van der Waals surface area contributed by atoms with Gasteiger partial charge in [-0.3, -0.25) is 0 Å². The van der Waals surface area contributed by atoms with Crippen molar-refractivity contribution in [3.63, 3.8) is 0 Å². The van der Waals surface area contributed by atoms with Crippen molar-refractivity contribution in [1.82, 2.24) is 10.6 Å². The van der Waals surface area contributed by atoms with E-state index in [1.54, 1.807) is 0 Å². The molecular formula is C14H18N2O2. The van der Waals surface area contributed by atoms with Gasteiger partial charge in [0.15, 0.2) is 0 Å². The third-order valence-electron chi connectivity index (χ3n) is 2.11. The number of hydrogen-bond donors (Lipinski definition) is 3. The Hall–Kier alpha value is -1.99. The molecule has 1 aromatic carbocycles. The summed E-state index contributed by atoms with van der Waals surface area (Å²) in [6.07, 6.45) is 0. The van der Waals surface area contributed by atoms with Crippen molar-refractivity contribution < 1.29 is 9.90 Å². The molecule has 0 saturated carbocycles. The summed E-state index contributed by atoms with van der Waals surface area (Å²) in [4.78, 5) is 11.4. The number of aliphatic hydroxyl groups excluding tert-OH is 1. The molecular weight excluding hydrogens is 228 g/mol. The van der Waals surface area contributed by atoms with Crippen LogP contribution in [-0.2, 0) is 6.54 Å². The highest BCUT2D eigenvalue weighted by Crippen LogP contribution is 2.03. The van der Waals surface area contributed by atoms with Crippen LogP contribution in [0.15, 0.2) is 24.3 Å². The number of carbonyl (C=O) groups is 1. The second-order valence-electron chi connectivity index (χ2n) is 4.14. The highest BCUT2D eigenvalue weighted by molar-refractivity contribution is 5.74. The number of hydrogen-bond acceptors (Lipinski definition) is 2. The van der Waals surface area contributed by atoms with Crippen LogP contribution in [0.3, 0.4) is 0 Å². The SMILES string of the molecule is CC(C)NC(=O)NCc1cccc(C#CCO)c1. The minimum Gasteiger partial charge on any atom is -0.384 e. The molecule has 2 amide bonds. The zero-order valence-corrected chi connectivity index (χ0v) is 10.7. The van der Waals surface area contributed by atoms with Crippen LogP contribution in [0.5, 0.6) is 0 Å². The average molecular weight is 246 g/mol. The van der Waals surface area contributed by atoms with Crippen molar-refractivity contribution in [3.8, 4) is 11.8 Å². The molecule has 0 aliphatic rings. The first kappa shape index (κ1) is 14.1. The van der Waals surface area contributed by atoms with E-state index >= 15 is 0 Å². The molecule has 0 heterocycles. The standard InChI is InChI=1S/C14H18N2O2/c1-11(2)16-14(18)15-10-13-6-3-5-12(9-13)7-4-8-17/h3,5-6,9,11,17H,8,10H2,1-2H3,(H2,15,16,18). The zero-order chi connectivity index (χ0) is 13.4. The van der Waals surface area contributed by atoms with Gasteiger partial charge in [-0.05, 0) is 31.5 Å². The Labute approximate surface area is 107 Å². The monoisotopic (exact) mass is 246 g/mol. The van der Waals surface area contributed by atoms with Crippen molar-refractivity contribution in [2.45, 2.75) is 26.4 Å². The van der Waals surface area contributed by atoms with E-state index in [4.69, 9.17) is 5.11 Å². The molecule has 0 bridgehead atoms. The van der Waals surface area contributed by atoms with Crippen molar-refractivity contribution in [3.05, 3.63) is 35.4 Å². The number of carbonyl (C=O) groups excluding carboxylic acids is 1. The van der Waals surface area contributed by atoms with E-state index in [0.29, 0.717) is 6.54 Å². The maximum atomic E-state index is 11.4. The van der Waals surface area contributed by atoms with E-state index in [2.05, 4.69) is 22.5 Å². The Morgan fingerprint density at radius 3 is 2.89 bits per heavy atom. The molecule has 1 rings (SSSR count). The van der Waals surface area contributed by atoms with Gasteiger partial charge in [-0.15, -0.1) is 0 Å². The summed E-state index contributed by atoms with van der Waals surface area (Å²) in [5.41, 5.74) is 1.80. The van der Waals surface area contributed by atoms with Gasteiger partial charge in [-0.25, -0.2) is 4.79 Å². The summed E-state index contributed by atoms with van der Waals surface area (Å²) in [5.74, 6) is 5.41. The van der Waals surface area contributed by atoms with Crippen LogP contribution in [0.25, 0.3) is 0 Å². The fourth-order valence-corrected chi connectivity index (χ4v) is 1.40. The lowest BCUT2D eigenvalue weighted by atomic mass is 10.1. The fourth-order valence-electron chi connectivity index (χ4n) is 1.40. The van der Waals surface area contributed by atoms with Crippen molar-refractivity contribution >= 4 is 6.03 Å². The minimum atomic E-state index is -0.183. The van der Waals surface area contributed by atoms with Crippen LogP contribution in [0, 0.1) is 11.8 Å². The van der Waals surface area contributed by atoms with E-state index in [1.165, 1.54) is 0 Å². The van der Waals surface area contributed by atoms with E-state index in [0.717, 1.165) is 11.1 Å². The first-order chi connectivity index (χ1) is 8.61. The van der Waals surface area contributed by atoms with E-state index in [9.17, 15) is 4.79 Å². The van der Waals surface area contributed by atoms with Gasteiger partial charge in [0.1, 0.15) is 6.61 Å². The summed E-state index contributed by atoms with van der Waals surface area (Å²) in [7, 11) is 0. The molecule has 0 saturated heterocycles.